The van der Waals surface area contributed by atoms with Crippen molar-refractivity contribution in [1.82, 2.24) is 15.1 Å². The zero-order chi connectivity index (χ0) is 15.6. The highest BCUT2D eigenvalue weighted by atomic mass is 19.4. The SMILES string of the molecule is Cc1nn(C)c(C)c1CNC(c1ccccc1)C(F)(F)F. The molecule has 0 aliphatic rings. The highest BCUT2D eigenvalue weighted by molar-refractivity contribution is 5.25. The Hall–Kier alpha value is -1.82. The lowest BCUT2D eigenvalue weighted by Crippen LogP contribution is -2.34. The molecular formula is C15H18F3N3. The summed E-state index contributed by atoms with van der Waals surface area (Å²) in [6, 6.07) is 6.19. The van der Waals surface area contributed by atoms with Crippen LogP contribution in [0.3, 0.4) is 0 Å². The fourth-order valence-corrected chi connectivity index (χ4v) is 2.35. The molecule has 114 valence electrons. The van der Waals surface area contributed by atoms with Gasteiger partial charge in [0.05, 0.1) is 5.69 Å². The minimum Gasteiger partial charge on any atom is -0.298 e. The van der Waals surface area contributed by atoms with Crippen LogP contribution in [-0.2, 0) is 13.6 Å². The second kappa shape index (κ2) is 5.89. The van der Waals surface area contributed by atoms with Crippen molar-refractivity contribution in [3.63, 3.8) is 0 Å². The summed E-state index contributed by atoms with van der Waals surface area (Å²) in [4.78, 5) is 0. The van der Waals surface area contributed by atoms with Gasteiger partial charge < -0.3 is 0 Å². The van der Waals surface area contributed by atoms with E-state index in [9.17, 15) is 13.2 Å². The molecule has 1 N–H and O–H groups in total. The molecule has 0 amide bonds. The number of hydrogen-bond donors (Lipinski definition) is 1. The number of nitrogens with one attached hydrogen (secondary N) is 1. The van der Waals surface area contributed by atoms with E-state index >= 15 is 0 Å². The van der Waals surface area contributed by atoms with Crippen molar-refractivity contribution in [1.29, 1.82) is 0 Å². The number of alkyl halides is 3. The molecule has 6 heteroatoms. The van der Waals surface area contributed by atoms with Gasteiger partial charge in [-0.25, -0.2) is 0 Å². The monoisotopic (exact) mass is 297 g/mol. The summed E-state index contributed by atoms with van der Waals surface area (Å²) >= 11 is 0. The van der Waals surface area contributed by atoms with Crippen molar-refractivity contribution in [2.75, 3.05) is 0 Å². The minimum atomic E-state index is -4.34. The standard InChI is InChI=1S/C15H18F3N3/c1-10-13(11(2)21(3)20-10)9-19-14(15(16,17)18)12-7-5-4-6-8-12/h4-8,14,19H,9H2,1-3H3. The zero-order valence-electron chi connectivity index (χ0n) is 12.2. The molecule has 1 aromatic carbocycles. The second-order valence-electron chi connectivity index (χ2n) is 5.04. The van der Waals surface area contributed by atoms with E-state index in [4.69, 9.17) is 0 Å². The van der Waals surface area contributed by atoms with E-state index in [1.807, 2.05) is 6.92 Å². The van der Waals surface area contributed by atoms with E-state index in [1.54, 1.807) is 36.9 Å². The summed E-state index contributed by atoms with van der Waals surface area (Å²) < 4.78 is 41.4. The molecule has 0 aliphatic carbocycles. The van der Waals surface area contributed by atoms with Crippen molar-refractivity contribution in [3.8, 4) is 0 Å². The van der Waals surface area contributed by atoms with Crippen molar-refractivity contribution in [3.05, 3.63) is 52.8 Å². The van der Waals surface area contributed by atoms with Crippen LogP contribution in [0.1, 0.15) is 28.6 Å². The lowest BCUT2D eigenvalue weighted by Gasteiger charge is -2.22. The van der Waals surface area contributed by atoms with Crippen LogP contribution in [0.4, 0.5) is 13.2 Å². The van der Waals surface area contributed by atoms with Gasteiger partial charge in [0.15, 0.2) is 0 Å². The molecular weight excluding hydrogens is 279 g/mol. The van der Waals surface area contributed by atoms with Crippen LogP contribution >= 0.6 is 0 Å². The van der Waals surface area contributed by atoms with Gasteiger partial charge in [0.2, 0.25) is 0 Å². The summed E-state index contributed by atoms with van der Waals surface area (Å²) in [6.45, 7) is 3.78. The molecule has 0 saturated heterocycles. The average molecular weight is 297 g/mol. The molecule has 1 heterocycles. The van der Waals surface area contributed by atoms with Crippen LogP contribution in [0, 0.1) is 13.8 Å². The van der Waals surface area contributed by atoms with Crippen LogP contribution in [0.5, 0.6) is 0 Å². The normalized spacial score (nSPS) is 13.4. The number of rotatable bonds is 4. The molecule has 0 bridgehead atoms. The van der Waals surface area contributed by atoms with Crippen molar-refractivity contribution in [2.24, 2.45) is 7.05 Å². The Morgan fingerprint density at radius 1 is 1.19 bits per heavy atom. The topological polar surface area (TPSA) is 29.9 Å². The van der Waals surface area contributed by atoms with Crippen LogP contribution in [0.2, 0.25) is 0 Å². The first kappa shape index (κ1) is 15.6. The molecule has 0 spiro atoms. The Morgan fingerprint density at radius 3 is 2.29 bits per heavy atom. The first-order valence-electron chi connectivity index (χ1n) is 6.65. The number of aryl methyl sites for hydroxylation is 2. The highest BCUT2D eigenvalue weighted by Gasteiger charge is 2.40. The molecule has 21 heavy (non-hydrogen) atoms. The Morgan fingerprint density at radius 2 is 1.81 bits per heavy atom. The second-order valence-corrected chi connectivity index (χ2v) is 5.04. The molecule has 2 aromatic rings. The van der Waals surface area contributed by atoms with Gasteiger partial charge in [-0.05, 0) is 19.4 Å². The van der Waals surface area contributed by atoms with Gasteiger partial charge in [-0.2, -0.15) is 18.3 Å². The summed E-state index contributed by atoms with van der Waals surface area (Å²) in [5.74, 6) is 0. The van der Waals surface area contributed by atoms with Crippen LogP contribution in [-0.4, -0.2) is 16.0 Å². The maximum atomic E-state index is 13.2. The molecule has 1 unspecified atom stereocenters. The van der Waals surface area contributed by atoms with Gasteiger partial charge in [0.1, 0.15) is 6.04 Å². The quantitative estimate of drug-likeness (QED) is 0.937. The van der Waals surface area contributed by atoms with E-state index in [1.165, 1.54) is 12.1 Å². The Balaban J connectivity index is 2.21. The lowest BCUT2D eigenvalue weighted by atomic mass is 10.1. The molecule has 3 nitrogen and oxygen atoms in total. The Labute approximate surface area is 121 Å². The Kier molecular flexibility index (Phi) is 4.37. The van der Waals surface area contributed by atoms with E-state index in [0.29, 0.717) is 0 Å². The number of benzene rings is 1. The lowest BCUT2D eigenvalue weighted by molar-refractivity contribution is -0.158. The van der Waals surface area contributed by atoms with Crippen LogP contribution in [0.25, 0.3) is 0 Å². The van der Waals surface area contributed by atoms with E-state index in [-0.39, 0.29) is 12.1 Å². The van der Waals surface area contributed by atoms with Crippen LogP contribution < -0.4 is 5.32 Å². The van der Waals surface area contributed by atoms with Crippen molar-refractivity contribution < 1.29 is 13.2 Å². The fraction of sp³-hybridized carbons (Fsp3) is 0.400. The average Bonchev–Trinajstić information content (AvgIpc) is 2.65. The molecule has 1 atom stereocenters. The number of nitrogens with zero attached hydrogens (tertiary/aromatic N) is 2. The third-order valence-electron chi connectivity index (χ3n) is 3.60. The molecule has 0 aliphatic heterocycles. The first-order chi connectivity index (χ1) is 9.80. The highest BCUT2D eigenvalue weighted by Crippen LogP contribution is 2.33. The van der Waals surface area contributed by atoms with Crippen molar-refractivity contribution >= 4 is 0 Å². The van der Waals surface area contributed by atoms with E-state index in [0.717, 1.165) is 17.0 Å². The van der Waals surface area contributed by atoms with Gasteiger partial charge in [0.25, 0.3) is 0 Å². The van der Waals surface area contributed by atoms with E-state index < -0.39 is 12.2 Å². The predicted molar refractivity (Wildman–Crippen MR) is 74.8 cm³/mol. The maximum Gasteiger partial charge on any atom is 0.407 e. The van der Waals surface area contributed by atoms with Gasteiger partial charge in [-0.15, -0.1) is 0 Å². The molecule has 1 aromatic heterocycles. The maximum absolute atomic E-state index is 13.2. The van der Waals surface area contributed by atoms with Crippen molar-refractivity contribution in [2.45, 2.75) is 32.6 Å². The third-order valence-corrected chi connectivity index (χ3v) is 3.60. The summed E-state index contributed by atoms with van der Waals surface area (Å²) in [7, 11) is 1.78. The molecule has 0 radical (unpaired) electrons. The van der Waals surface area contributed by atoms with E-state index in [2.05, 4.69) is 10.4 Å². The summed E-state index contributed by atoms with van der Waals surface area (Å²) in [5, 5.41) is 6.83. The van der Waals surface area contributed by atoms with Crippen LogP contribution in [0.15, 0.2) is 30.3 Å². The number of hydrogen-bond acceptors (Lipinski definition) is 2. The van der Waals surface area contributed by atoms with Gasteiger partial charge >= 0.3 is 6.18 Å². The smallest absolute Gasteiger partial charge is 0.298 e. The summed E-state index contributed by atoms with van der Waals surface area (Å²) in [5.41, 5.74) is 2.64. The predicted octanol–water partition coefficient (Wildman–Crippen LogP) is 3.43. The first-order valence-corrected chi connectivity index (χ1v) is 6.65. The molecule has 2 rings (SSSR count). The van der Waals surface area contributed by atoms with Gasteiger partial charge in [-0.1, -0.05) is 30.3 Å². The van der Waals surface area contributed by atoms with Gasteiger partial charge in [-0.3, -0.25) is 10.00 Å². The van der Waals surface area contributed by atoms with Gasteiger partial charge in [0, 0.05) is 24.8 Å². The summed E-state index contributed by atoms with van der Waals surface area (Å²) in [6.07, 6.45) is -4.34. The molecule has 0 fully saturated rings. The number of aromatic nitrogens is 2. The zero-order valence-corrected chi connectivity index (χ0v) is 12.2. The molecule has 0 saturated carbocycles. The fourth-order valence-electron chi connectivity index (χ4n) is 2.35. The largest absolute Gasteiger partial charge is 0.407 e. The minimum absolute atomic E-state index is 0.130. The Bertz CT molecular complexity index is 603. The third kappa shape index (κ3) is 3.44. The number of halogens is 3.